The van der Waals surface area contributed by atoms with Gasteiger partial charge in [-0.3, -0.25) is 9.59 Å². The lowest BCUT2D eigenvalue weighted by atomic mass is 9.92. The van der Waals surface area contributed by atoms with E-state index in [1.807, 2.05) is 26.8 Å². The van der Waals surface area contributed by atoms with Crippen molar-refractivity contribution in [2.24, 2.45) is 5.41 Å². The van der Waals surface area contributed by atoms with Gasteiger partial charge in [-0.15, -0.1) is 11.3 Å². The molecule has 0 unspecified atom stereocenters. The Bertz CT molecular complexity index is 537. The zero-order valence-corrected chi connectivity index (χ0v) is 12.9. The Labute approximate surface area is 122 Å². The van der Waals surface area contributed by atoms with Gasteiger partial charge in [-0.1, -0.05) is 20.8 Å². The van der Waals surface area contributed by atoms with E-state index in [0.29, 0.717) is 5.01 Å². The first-order chi connectivity index (χ1) is 9.23. The number of thiazole rings is 1. The van der Waals surface area contributed by atoms with Gasteiger partial charge in [0.05, 0.1) is 12.5 Å². The topological polar surface area (TPSA) is 80.0 Å². The highest BCUT2D eigenvalue weighted by molar-refractivity contribution is 7.09. The normalized spacial score (nSPS) is 12.6. The summed E-state index contributed by atoms with van der Waals surface area (Å²) in [6.07, 6.45) is 0.230. The average Bonchev–Trinajstić information content (AvgIpc) is 2.72. The van der Waals surface area contributed by atoms with Crippen LogP contribution in [0.5, 0.6) is 0 Å². The first-order valence-corrected chi connectivity index (χ1v) is 7.11. The van der Waals surface area contributed by atoms with Crippen molar-refractivity contribution in [3.8, 4) is 6.07 Å². The molecule has 1 aromatic heterocycles. The van der Waals surface area contributed by atoms with Gasteiger partial charge in [0.2, 0.25) is 0 Å². The highest BCUT2D eigenvalue weighted by Crippen LogP contribution is 2.22. The summed E-state index contributed by atoms with van der Waals surface area (Å²) in [5.41, 5.74) is 0.573. The summed E-state index contributed by atoms with van der Waals surface area (Å²) >= 11 is 1.26. The van der Waals surface area contributed by atoms with Crippen molar-refractivity contribution in [1.29, 1.82) is 5.26 Å². The summed E-state index contributed by atoms with van der Waals surface area (Å²) in [4.78, 5) is 27.6. The van der Waals surface area contributed by atoms with Gasteiger partial charge in [0.25, 0.3) is 0 Å². The lowest BCUT2D eigenvalue weighted by Gasteiger charge is -2.16. The first-order valence-electron chi connectivity index (χ1n) is 6.23. The van der Waals surface area contributed by atoms with E-state index in [0.717, 1.165) is 5.69 Å². The molecular weight excluding hydrogens is 276 g/mol. The first kappa shape index (κ1) is 16.3. The largest absolute Gasteiger partial charge is 0.458 e. The van der Waals surface area contributed by atoms with Crippen molar-refractivity contribution < 1.29 is 14.3 Å². The van der Waals surface area contributed by atoms with Gasteiger partial charge >= 0.3 is 5.97 Å². The van der Waals surface area contributed by atoms with E-state index in [-0.39, 0.29) is 18.4 Å². The molecule has 1 rings (SSSR count). The summed E-state index contributed by atoms with van der Waals surface area (Å²) in [5.74, 6) is -1.84. The Morgan fingerprint density at radius 3 is 2.60 bits per heavy atom. The number of hydrogen-bond donors (Lipinski definition) is 0. The Hall–Kier alpha value is -1.74. The van der Waals surface area contributed by atoms with Gasteiger partial charge in [-0.05, 0) is 12.3 Å². The number of nitriles is 1. The van der Waals surface area contributed by atoms with Crippen molar-refractivity contribution in [2.75, 3.05) is 6.61 Å². The van der Waals surface area contributed by atoms with Crippen LogP contribution in [0.3, 0.4) is 0 Å². The summed E-state index contributed by atoms with van der Waals surface area (Å²) in [7, 11) is 0. The minimum atomic E-state index is -0.962. The molecule has 0 aliphatic heterocycles. The molecule has 0 fully saturated rings. The van der Waals surface area contributed by atoms with Crippen LogP contribution in [0.15, 0.2) is 5.38 Å². The molecule has 0 spiro atoms. The molecule has 1 heterocycles. The quantitative estimate of drug-likeness (QED) is 0.780. The van der Waals surface area contributed by atoms with Crippen LogP contribution < -0.4 is 0 Å². The van der Waals surface area contributed by atoms with Crippen LogP contribution >= 0.6 is 11.3 Å². The number of nitrogens with zero attached hydrogens (tertiary/aromatic N) is 2. The molecule has 5 nitrogen and oxygen atoms in total. The Kier molecular flexibility index (Phi) is 5.40. The van der Waals surface area contributed by atoms with Crippen molar-refractivity contribution in [3.05, 3.63) is 16.1 Å². The van der Waals surface area contributed by atoms with E-state index in [9.17, 15) is 9.59 Å². The molecule has 0 aliphatic carbocycles. The molecule has 0 saturated heterocycles. The van der Waals surface area contributed by atoms with Crippen molar-refractivity contribution in [1.82, 2.24) is 4.98 Å². The van der Waals surface area contributed by atoms with Crippen LogP contribution in [0, 0.1) is 23.7 Å². The summed E-state index contributed by atoms with van der Waals surface area (Å²) < 4.78 is 4.93. The van der Waals surface area contributed by atoms with E-state index >= 15 is 0 Å². The number of Topliss-reactive ketones (excluding diaryl/α,β-unsaturated/α-hetero) is 1. The fourth-order valence-corrected chi connectivity index (χ4v) is 2.35. The molecule has 1 atom stereocenters. The monoisotopic (exact) mass is 294 g/mol. The lowest BCUT2D eigenvalue weighted by Crippen LogP contribution is -2.22. The molecule has 0 radical (unpaired) electrons. The maximum absolute atomic E-state index is 11.9. The molecule has 0 bridgehead atoms. The van der Waals surface area contributed by atoms with E-state index in [1.54, 1.807) is 12.3 Å². The predicted molar refractivity (Wildman–Crippen MR) is 75.2 cm³/mol. The fourth-order valence-electron chi connectivity index (χ4n) is 1.49. The number of ketones is 1. The van der Waals surface area contributed by atoms with Crippen LogP contribution in [0.4, 0.5) is 0 Å². The van der Waals surface area contributed by atoms with Crippen LogP contribution in [0.25, 0.3) is 0 Å². The number of hydrogen-bond acceptors (Lipinski definition) is 6. The highest BCUT2D eigenvalue weighted by Gasteiger charge is 2.25. The molecule has 6 heteroatoms. The summed E-state index contributed by atoms with van der Waals surface area (Å²) in [6.45, 7) is 7.14. The lowest BCUT2D eigenvalue weighted by molar-refractivity contribution is -0.149. The molecule has 0 N–H and O–H groups in total. The second-order valence-electron chi connectivity index (χ2n) is 5.75. The van der Waals surface area contributed by atoms with Crippen LogP contribution in [0.2, 0.25) is 0 Å². The molecule has 0 saturated carbocycles. The van der Waals surface area contributed by atoms with Crippen LogP contribution in [-0.4, -0.2) is 23.3 Å². The van der Waals surface area contributed by atoms with E-state index in [4.69, 9.17) is 10.00 Å². The highest BCUT2D eigenvalue weighted by atomic mass is 32.1. The minimum absolute atomic E-state index is 0.193. The fraction of sp³-hybridized carbons (Fsp3) is 0.571. The van der Waals surface area contributed by atoms with Gasteiger partial charge in [0.15, 0.2) is 18.3 Å². The van der Waals surface area contributed by atoms with Gasteiger partial charge in [0.1, 0.15) is 5.01 Å². The van der Waals surface area contributed by atoms with Gasteiger partial charge in [-0.25, -0.2) is 4.98 Å². The van der Waals surface area contributed by atoms with Gasteiger partial charge in [-0.2, -0.15) is 5.26 Å². The summed E-state index contributed by atoms with van der Waals surface area (Å²) in [6, 6.07) is 1.91. The third-order valence-electron chi connectivity index (χ3n) is 2.38. The number of esters is 1. The molecular formula is C14H18N2O3S. The maximum Gasteiger partial charge on any atom is 0.306 e. The SMILES string of the molecule is Cc1csc([C@H](C#N)C(=O)COC(=O)CC(C)(C)C)n1. The van der Waals surface area contributed by atoms with Crippen molar-refractivity contribution >= 4 is 23.1 Å². The van der Waals surface area contributed by atoms with Crippen molar-refractivity contribution in [2.45, 2.75) is 40.0 Å². The number of ether oxygens (including phenoxy) is 1. The van der Waals surface area contributed by atoms with Crippen LogP contribution in [0.1, 0.15) is 43.8 Å². The zero-order valence-electron chi connectivity index (χ0n) is 12.1. The third-order valence-corrected chi connectivity index (χ3v) is 3.41. The molecule has 0 amide bonds. The third kappa shape index (κ3) is 5.10. The van der Waals surface area contributed by atoms with E-state index in [2.05, 4.69) is 4.98 Å². The Balaban J connectivity index is 2.58. The average molecular weight is 294 g/mol. The zero-order chi connectivity index (χ0) is 15.3. The molecule has 20 heavy (non-hydrogen) atoms. The second-order valence-corrected chi connectivity index (χ2v) is 6.64. The molecule has 108 valence electrons. The van der Waals surface area contributed by atoms with Crippen LogP contribution in [-0.2, 0) is 14.3 Å². The molecule has 0 aliphatic rings. The van der Waals surface area contributed by atoms with Gasteiger partial charge < -0.3 is 4.74 Å². The second kappa shape index (κ2) is 6.62. The van der Waals surface area contributed by atoms with E-state index < -0.39 is 17.7 Å². The number of carbonyl (C=O) groups excluding carboxylic acids is 2. The van der Waals surface area contributed by atoms with Crippen molar-refractivity contribution in [3.63, 3.8) is 0 Å². The molecule has 0 aromatic carbocycles. The number of aromatic nitrogens is 1. The minimum Gasteiger partial charge on any atom is -0.458 e. The summed E-state index contributed by atoms with van der Waals surface area (Å²) in [5, 5.41) is 11.3. The standard InChI is InChI=1S/C14H18N2O3S/c1-9-8-20-13(16-9)10(6-15)11(17)7-19-12(18)5-14(2,3)4/h8,10H,5,7H2,1-4H3/t10-/m1/s1. The van der Waals surface area contributed by atoms with E-state index in [1.165, 1.54) is 11.3 Å². The Morgan fingerprint density at radius 2 is 2.15 bits per heavy atom. The number of carbonyl (C=O) groups is 2. The number of rotatable bonds is 5. The smallest absolute Gasteiger partial charge is 0.306 e. The number of aryl methyl sites for hydroxylation is 1. The van der Waals surface area contributed by atoms with Gasteiger partial charge in [0, 0.05) is 11.1 Å². The molecule has 1 aromatic rings. The Morgan fingerprint density at radius 1 is 1.50 bits per heavy atom. The maximum atomic E-state index is 11.9. The predicted octanol–water partition coefficient (Wildman–Crippen LogP) is 2.61.